The highest BCUT2D eigenvalue weighted by Gasteiger charge is 2.34. The Morgan fingerprint density at radius 2 is 1.85 bits per heavy atom. The lowest BCUT2D eigenvalue weighted by Gasteiger charge is -2.34. The Morgan fingerprint density at radius 3 is 2.52 bits per heavy atom. The number of amides is 1. The number of carbonyl (C=O) groups excluding carboxylic acids is 1. The number of aryl methyl sites for hydroxylation is 1. The lowest BCUT2D eigenvalue weighted by atomic mass is 9.98. The molecule has 1 atom stereocenters. The number of halogens is 1. The van der Waals surface area contributed by atoms with Crippen LogP contribution in [-0.4, -0.2) is 38.2 Å². The van der Waals surface area contributed by atoms with Crippen molar-refractivity contribution in [1.82, 2.24) is 19.2 Å². The average molecular weight is 541 g/mol. The fourth-order valence-corrected chi connectivity index (χ4v) is 4.87. The minimum Gasteiger partial charge on any atom is -0.330 e. The number of benzene rings is 3. The van der Waals surface area contributed by atoms with Crippen LogP contribution in [-0.2, 0) is 6.54 Å². The number of nitrogens with zero attached hydrogens (tertiary/aromatic N) is 5. The normalized spacial score (nSPS) is 11.8. The first-order valence-corrected chi connectivity index (χ1v) is 13.3. The van der Waals surface area contributed by atoms with Gasteiger partial charge in [-0.2, -0.15) is 9.94 Å². The molecule has 4 rings (SSSR count). The summed E-state index contributed by atoms with van der Waals surface area (Å²) in [5, 5.41) is 14.1. The van der Waals surface area contributed by atoms with Crippen LogP contribution in [0.1, 0.15) is 59.2 Å². The molecule has 4 aromatic rings. The number of rotatable bonds is 10. The topological polar surface area (TPSA) is 110 Å². The van der Waals surface area contributed by atoms with E-state index in [1.807, 2.05) is 45.0 Å². The molecule has 1 heterocycles. The molecule has 1 aromatic heterocycles. The molecule has 206 valence electrons. The summed E-state index contributed by atoms with van der Waals surface area (Å²) in [6.07, 6.45) is 0.555. The van der Waals surface area contributed by atoms with E-state index in [1.54, 1.807) is 35.2 Å². The first kappa shape index (κ1) is 28.5. The van der Waals surface area contributed by atoms with Gasteiger partial charge in [-0.15, -0.1) is 5.10 Å². The Hall–Kier alpha value is -4.55. The Bertz CT molecular complexity index is 1600. The van der Waals surface area contributed by atoms with Crippen LogP contribution in [0.3, 0.4) is 0 Å². The van der Waals surface area contributed by atoms with Crippen molar-refractivity contribution in [3.05, 3.63) is 117 Å². The van der Waals surface area contributed by atoms with Crippen LogP contribution in [0.5, 0.6) is 0 Å². The summed E-state index contributed by atoms with van der Waals surface area (Å²) in [6.45, 7) is 6.68. The maximum Gasteiger partial charge on any atom is 0.351 e. The van der Waals surface area contributed by atoms with Gasteiger partial charge in [0.05, 0.1) is 29.9 Å². The predicted molar refractivity (Wildman–Crippen MR) is 152 cm³/mol. The highest BCUT2D eigenvalue weighted by atomic mass is 19.1. The van der Waals surface area contributed by atoms with Gasteiger partial charge >= 0.3 is 5.69 Å². The zero-order valence-electron chi connectivity index (χ0n) is 22.9. The van der Waals surface area contributed by atoms with Crippen molar-refractivity contribution in [3.8, 4) is 11.8 Å². The Morgan fingerprint density at radius 1 is 1.10 bits per heavy atom. The highest BCUT2D eigenvalue weighted by molar-refractivity contribution is 5.95. The Balaban J connectivity index is 1.92. The molecule has 40 heavy (non-hydrogen) atoms. The predicted octanol–water partition coefficient (Wildman–Crippen LogP) is 4.59. The minimum atomic E-state index is -0.597. The van der Waals surface area contributed by atoms with Crippen LogP contribution in [0.4, 0.5) is 4.39 Å². The van der Waals surface area contributed by atoms with Gasteiger partial charge in [0.15, 0.2) is 5.82 Å². The molecule has 2 N–H and O–H groups in total. The smallest absolute Gasteiger partial charge is 0.330 e. The summed E-state index contributed by atoms with van der Waals surface area (Å²) in [5.41, 5.74) is 8.25. The molecule has 0 saturated carbocycles. The molecule has 0 aliphatic rings. The fraction of sp³-hybridized carbons (Fsp3) is 0.290. The second-order valence-corrected chi connectivity index (χ2v) is 10.1. The molecule has 1 unspecified atom stereocenters. The van der Waals surface area contributed by atoms with Crippen LogP contribution >= 0.6 is 0 Å². The lowest BCUT2D eigenvalue weighted by Crippen LogP contribution is -2.41. The summed E-state index contributed by atoms with van der Waals surface area (Å²) in [5.74, 6) is -0.457. The van der Waals surface area contributed by atoms with Gasteiger partial charge in [0, 0.05) is 12.1 Å². The molecule has 0 aliphatic heterocycles. The molecule has 1 amide bonds. The van der Waals surface area contributed by atoms with E-state index in [4.69, 9.17) is 10.8 Å². The quantitative estimate of drug-likeness (QED) is 0.316. The third-order valence-corrected chi connectivity index (χ3v) is 6.81. The Kier molecular flexibility index (Phi) is 8.92. The van der Waals surface area contributed by atoms with E-state index in [0.29, 0.717) is 36.5 Å². The molecule has 0 radical (unpaired) electrons. The minimum absolute atomic E-state index is 0.117. The van der Waals surface area contributed by atoms with Crippen molar-refractivity contribution in [2.24, 2.45) is 11.7 Å². The van der Waals surface area contributed by atoms with E-state index in [1.165, 1.54) is 27.4 Å². The van der Waals surface area contributed by atoms with E-state index >= 15 is 0 Å². The number of aromatic nitrogens is 3. The third-order valence-electron chi connectivity index (χ3n) is 6.81. The van der Waals surface area contributed by atoms with E-state index < -0.39 is 17.5 Å². The molecule has 0 aliphatic carbocycles. The monoisotopic (exact) mass is 540 g/mol. The van der Waals surface area contributed by atoms with Gasteiger partial charge in [-0.05, 0) is 73.3 Å². The Labute approximate surface area is 233 Å². The second kappa shape index (κ2) is 12.5. The molecule has 3 aromatic carbocycles. The van der Waals surface area contributed by atoms with Crippen molar-refractivity contribution >= 4 is 5.91 Å². The van der Waals surface area contributed by atoms with E-state index in [2.05, 4.69) is 6.07 Å². The highest BCUT2D eigenvalue weighted by Crippen LogP contribution is 2.30. The molecule has 9 heteroatoms. The average Bonchev–Trinajstić information content (AvgIpc) is 3.25. The van der Waals surface area contributed by atoms with Crippen LogP contribution in [0.15, 0.2) is 77.6 Å². The number of hydrogen-bond acceptors (Lipinski definition) is 5. The van der Waals surface area contributed by atoms with Gasteiger partial charge < -0.3 is 10.6 Å². The summed E-state index contributed by atoms with van der Waals surface area (Å²) >= 11 is 0. The largest absolute Gasteiger partial charge is 0.351 e. The third kappa shape index (κ3) is 6.03. The van der Waals surface area contributed by atoms with Gasteiger partial charge in [-0.1, -0.05) is 50.2 Å². The fourth-order valence-electron chi connectivity index (χ4n) is 4.87. The SMILES string of the molecule is Cc1ccccc1C(=O)N(CCCN)C(c1nn(-c2cccc(F)c2)c(=O)n1Cc1cccc(C#N)c1)C(C)C. The van der Waals surface area contributed by atoms with Crippen LogP contribution in [0, 0.1) is 30.0 Å². The number of nitriles is 1. The number of nitrogens with two attached hydrogens (primary N) is 1. The van der Waals surface area contributed by atoms with Gasteiger partial charge in [0.2, 0.25) is 0 Å². The van der Waals surface area contributed by atoms with Crippen molar-refractivity contribution in [1.29, 1.82) is 5.26 Å². The second-order valence-electron chi connectivity index (χ2n) is 10.1. The van der Waals surface area contributed by atoms with Crippen molar-refractivity contribution < 1.29 is 9.18 Å². The van der Waals surface area contributed by atoms with Crippen molar-refractivity contribution in [2.45, 2.75) is 39.8 Å². The summed E-state index contributed by atoms with van der Waals surface area (Å²) < 4.78 is 16.8. The molecule has 0 fully saturated rings. The van der Waals surface area contributed by atoms with Gasteiger partial charge in [-0.3, -0.25) is 9.36 Å². The first-order valence-electron chi connectivity index (χ1n) is 13.3. The van der Waals surface area contributed by atoms with Gasteiger partial charge in [-0.25, -0.2) is 9.18 Å². The maximum absolute atomic E-state index is 14.2. The number of hydrogen-bond donors (Lipinski definition) is 1. The molecular formula is C31H33FN6O2. The van der Waals surface area contributed by atoms with Gasteiger partial charge in [0.1, 0.15) is 5.82 Å². The van der Waals surface area contributed by atoms with Crippen LogP contribution < -0.4 is 11.4 Å². The van der Waals surface area contributed by atoms with Crippen LogP contribution in [0.25, 0.3) is 5.69 Å². The van der Waals surface area contributed by atoms with Crippen LogP contribution in [0.2, 0.25) is 0 Å². The standard InChI is InChI=1S/C31H33FN6O2/c1-21(2)28(36(16-8-15-33)30(39)27-14-5-4-9-22(27)3)29-35-38(26-13-7-12-25(32)18-26)31(40)37(29)20-24-11-6-10-23(17-24)19-34/h4-7,9-14,17-18,21,28H,8,15-16,20,33H2,1-3H3. The summed E-state index contributed by atoms with van der Waals surface area (Å²) in [7, 11) is 0. The first-order chi connectivity index (χ1) is 19.2. The van der Waals surface area contributed by atoms with Gasteiger partial charge in [0.25, 0.3) is 5.91 Å². The number of carbonyl (C=O) groups is 1. The molecule has 8 nitrogen and oxygen atoms in total. The maximum atomic E-state index is 14.2. The molecule has 0 bridgehead atoms. The zero-order chi connectivity index (χ0) is 28.8. The summed E-state index contributed by atoms with van der Waals surface area (Å²) in [6, 6.07) is 21.6. The molecule has 0 saturated heterocycles. The molecular weight excluding hydrogens is 507 g/mol. The zero-order valence-corrected chi connectivity index (χ0v) is 22.9. The van der Waals surface area contributed by atoms with Crippen molar-refractivity contribution in [2.75, 3.05) is 13.1 Å². The molecule has 0 spiro atoms. The summed E-state index contributed by atoms with van der Waals surface area (Å²) in [4.78, 5) is 29.6. The van der Waals surface area contributed by atoms with E-state index in [0.717, 1.165) is 11.1 Å². The van der Waals surface area contributed by atoms with E-state index in [-0.39, 0.29) is 24.1 Å². The lowest BCUT2D eigenvalue weighted by molar-refractivity contribution is 0.0602. The van der Waals surface area contributed by atoms with Crippen molar-refractivity contribution in [3.63, 3.8) is 0 Å². The van der Waals surface area contributed by atoms with E-state index in [9.17, 15) is 19.2 Å².